The molecule has 0 spiro atoms. The van der Waals surface area contributed by atoms with Crippen molar-refractivity contribution in [1.29, 1.82) is 5.26 Å². The van der Waals surface area contributed by atoms with Crippen LogP contribution in [0.5, 0.6) is 0 Å². The molecule has 9 atom stereocenters. The van der Waals surface area contributed by atoms with Crippen LogP contribution in [0.25, 0.3) is 22.3 Å². The number of halogens is 2. The lowest BCUT2D eigenvalue weighted by Gasteiger charge is -2.28. The van der Waals surface area contributed by atoms with Crippen LogP contribution in [0.15, 0.2) is 86.0 Å². The summed E-state index contributed by atoms with van der Waals surface area (Å²) >= 11 is 5.69. The standard InChI is InChI=1S/C37H33F2N12O10PS2/c38-24-23-15-57-62(63,56-13-7-12-40)60-28-22(58-36(25(28)39)50-18-45-26-30(41-16-43-32(26)50)48-34(52)20-8-3-1-4-9-20)14-47-64(54,55)61-29(24)37(59-23)51-19-46-27-31(42-17-44-33(27)51)49-35(53)21-10-5-2-6-11-21/h1-6,8-11,16-19,22-25,28-29,36-37,47H,7,13-15H2,(H,41,43,48,52)(H,42,44,49,53)/t22-,23-,24-,25-,28-,29-,36-,37-,62?/m1/s1. The Morgan fingerprint density at radius 3 is 1.97 bits per heavy atom. The molecule has 2 aromatic carbocycles. The number of carbonyl (C=O) groups is 2. The fourth-order valence-electron chi connectivity index (χ4n) is 7.14. The second kappa shape index (κ2) is 18.0. The van der Waals surface area contributed by atoms with E-state index in [1.165, 1.54) is 21.8 Å². The molecule has 22 nitrogen and oxygen atoms in total. The van der Waals surface area contributed by atoms with E-state index >= 15 is 8.78 Å². The summed E-state index contributed by atoms with van der Waals surface area (Å²) in [7, 11) is -4.93. The predicted octanol–water partition coefficient (Wildman–Crippen LogP) is 3.43. The summed E-state index contributed by atoms with van der Waals surface area (Å²) in [6.07, 6.45) is -9.84. The Hall–Kier alpha value is -5.85. The summed E-state index contributed by atoms with van der Waals surface area (Å²) in [4.78, 5) is 51.2. The summed E-state index contributed by atoms with van der Waals surface area (Å²) in [5.74, 6) is -0.995. The number of nitriles is 1. The van der Waals surface area contributed by atoms with Gasteiger partial charge in [-0.1, -0.05) is 36.4 Å². The predicted molar refractivity (Wildman–Crippen MR) is 220 cm³/mol. The molecule has 0 radical (unpaired) electrons. The number of hydrogen-bond donors (Lipinski definition) is 3. The van der Waals surface area contributed by atoms with E-state index in [1.807, 2.05) is 6.07 Å². The monoisotopic (exact) mass is 938 g/mol. The van der Waals surface area contributed by atoms with E-state index in [4.69, 9.17) is 39.0 Å². The first-order valence-electron chi connectivity index (χ1n) is 19.2. The minimum absolute atomic E-state index is 0.00414. The van der Waals surface area contributed by atoms with Gasteiger partial charge in [-0.2, -0.15) is 18.4 Å². The van der Waals surface area contributed by atoms with Gasteiger partial charge in [-0.15, -0.1) is 0 Å². The number of carbonyl (C=O) groups excluding carboxylic acids is 2. The first-order chi connectivity index (χ1) is 30.9. The highest BCUT2D eigenvalue weighted by atomic mass is 32.5. The third kappa shape index (κ3) is 8.69. The largest absolute Gasteiger partial charge is 0.347 e. The Morgan fingerprint density at radius 2 is 1.39 bits per heavy atom. The Kier molecular flexibility index (Phi) is 12.2. The second-order valence-electron chi connectivity index (χ2n) is 14.2. The van der Waals surface area contributed by atoms with Gasteiger partial charge in [0.2, 0.25) is 0 Å². The maximum Gasteiger partial charge on any atom is 0.336 e. The first kappa shape index (κ1) is 43.4. The Morgan fingerprint density at radius 1 is 0.828 bits per heavy atom. The van der Waals surface area contributed by atoms with Crippen LogP contribution in [0.1, 0.15) is 39.6 Å². The number of imidazole rings is 2. The molecule has 3 aliphatic heterocycles. The van der Waals surface area contributed by atoms with Crippen molar-refractivity contribution >= 4 is 74.6 Å². The molecule has 9 rings (SSSR count). The third-order valence-electron chi connectivity index (χ3n) is 10.1. The zero-order chi connectivity index (χ0) is 44.6. The lowest BCUT2D eigenvalue weighted by Crippen LogP contribution is -2.43. The first-order valence-corrected chi connectivity index (χ1v) is 23.2. The molecule has 6 aromatic rings. The van der Waals surface area contributed by atoms with Crippen LogP contribution in [-0.4, -0.2) is 116 Å². The van der Waals surface area contributed by atoms with E-state index < -0.39 is 91.2 Å². The lowest BCUT2D eigenvalue weighted by atomic mass is 10.1. The molecule has 0 saturated carbocycles. The average molecular weight is 939 g/mol. The summed E-state index contributed by atoms with van der Waals surface area (Å²) in [5.41, 5.74) is 0.830. The van der Waals surface area contributed by atoms with Gasteiger partial charge in [0.1, 0.15) is 31.0 Å². The summed E-state index contributed by atoms with van der Waals surface area (Å²) in [5, 5.41) is 14.6. The van der Waals surface area contributed by atoms with Gasteiger partial charge < -0.3 is 29.2 Å². The molecular weight excluding hydrogens is 906 g/mol. The second-order valence-corrected chi connectivity index (χ2v) is 18.5. The quantitative estimate of drug-likeness (QED) is 0.138. The third-order valence-corrected chi connectivity index (χ3v) is 13.5. The van der Waals surface area contributed by atoms with Crippen molar-refractivity contribution in [1.82, 2.24) is 43.8 Å². The number of amides is 2. The van der Waals surface area contributed by atoms with Crippen molar-refractivity contribution in [3.63, 3.8) is 0 Å². The number of benzene rings is 2. The highest BCUT2D eigenvalue weighted by Crippen LogP contribution is 2.55. The van der Waals surface area contributed by atoms with E-state index in [0.717, 1.165) is 12.7 Å². The molecule has 332 valence electrons. The molecule has 3 saturated heterocycles. The number of ether oxygens (including phenoxy) is 2. The maximum atomic E-state index is 16.9. The Labute approximate surface area is 365 Å². The van der Waals surface area contributed by atoms with Crippen LogP contribution >= 0.6 is 6.72 Å². The number of rotatable bonds is 9. The molecule has 3 N–H and O–H groups in total. The van der Waals surface area contributed by atoms with Gasteiger partial charge in [0.25, 0.3) is 11.8 Å². The van der Waals surface area contributed by atoms with Crippen molar-refractivity contribution < 1.29 is 54.0 Å². The molecular formula is C37H33F2N12O10PS2. The van der Waals surface area contributed by atoms with Gasteiger partial charge in [0.15, 0.2) is 64.9 Å². The SMILES string of the molecule is N#CCCOP1(=S)OC[C@H]2O[C@@H](n3cnc4c(NC(=O)c5ccccc5)ncnc43)[C@H](OS(=O)(=O)NC[C@H]3O[C@@H](n4cnc5c(NC(=O)c6ccccc6)ncnc54)[C@H](F)[C@@H]3O1)[C@@H]2F. The number of alkyl halides is 2. The topological polar surface area (TPSA) is 271 Å². The van der Waals surface area contributed by atoms with Crippen LogP contribution in [0.4, 0.5) is 20.4 Å². The molecule has 0 aliphatic carbocycles. The molecule has 3 fully saturated rings. The van der Waals surface area contributed by atoms with Crippen LogP contribution < -0.4 is 15.4 Å². The van der Waals surface area contributed by atoms with Gasteiger partial charge in [-0.05, 0) is 36.1 Å². The Bertz CT molecular complexity index is 2920. The zero-order valence-corrected chi connectivity index (χ0v) is 35.2. The number of nitrogens with zero attached hydrogens (tertiary/aromatic N) is 9. The van der Waals surface area contributed by atoms with E-state index in [-0.39, 0.29) is 47.0 Å². The maximum absolute atomic E-state index is 16.9. The summed E-state index contributed by atoms with van der Waals surface area (Å²) in [6, 6.07) is 18.5. The Balaban J connectivity index is 1.00. The minimum Gasteiger partial charge on any atom is -0.347 e. The van der Waals surface area contributed by atoms with E-state index in [0.29, 0.717) is 11.1 Å². The summed E-state index contributed by atoms with van der Waals surface area (Å²) < 4.78 is 101. The molecule has 64 heavy (non-hydrogen) atoms. The zero-order valence-electron chi connectivity index (χ0n) is 32.7. The van der Waals surface area contributed by atoms with Crippen LogP contribution in [0, 0.1) is 11.3 Å². The molecule has 3 aliphatic rings. The molecule has 7 heterocycles. The van der Waals surface area contributed by atoms with E-state index in [2.05, 4.69) is 45.3 Å². The number of anilines is 2. The average Bonchev–Trinajstić information content (AvgIpc) is 4.07. The van der Waals surface area contributed by atoms with Crippen molar-refractivity contribution in [3.8, 4) is 6.07 Å². The number of fused-ring (bicyclic) bond motifs is 5. The van der Waals surface area contributed by atoms with Gasteiger partial charge in [0.05, 0.1) is 38.4 Å². The lowest BCUT2D eigenvalue weighted by molar-refractivity contribution is -0.0485. The number of nitrogens with one attached hydrogen (secondary N) is 3. The van der Waals surface area contributed by atoms with Crippen molar-refractivity contribution in [2.45, 2.75) is 55.6 Å². The molecule has 4 aromatic heterocycles. The molecule has 2 bridgehead atoms. The smallest absolute Gasteiger partial charge is 0.336 e. The fraction of sp³-hybridized carbons (Fsp3) is 0.324. The van der Waals surface area contributed by atoms with Gasteiger partial charge in [0, 0.05) is 17.7 Å². The normalized spacial score (nSPS) is 28.0. The van der Waals surface area contributed by atoms with Gasteiger partial charge in [-0.3, -0.25) is 23.2 Å². The van der Waals surface area contributed by atoms with Crippen LogP contribution in [0.2, 0.25) is 0 Å². The number of hydrogen-bond acceptors (Lipinski definition) is 18. The number of aromatic nitrogens is 8. The minimum atomic E-state index is -4.93. The summed E-state index contributed by atoms with van der Waals surface area (Å²) in [6.45, 7) is -5.94. The van der Waals surface area contributed by atoms with Gasteiger partial charge in [-0.25, -0.2) is 42.9 Å². The van der Waals surface area contributed by atoms with E-state index in [1.54, 1.807) is 60.7 Å². The van der Waals surface area contributed by atoms with Crippen molar-refractivity contribution in [2.24, 2.45) is 0 Å². The molecule has 27 heteroatoms. The van der Waals surface area contributed by atoms with Crippen molar-refractivity contribution in [2.75, 3.05) is 30.4 Å². The van der Waals surface area contributed by atoms with Crippen LogP contribution in [-0.2, 0) is 49.3 Å². The van der Waals surface area contributed by atoms with Crippen LogP contribution in [0.3, 0.4) is 0 Å². The fourth-order valence-corrected chi connectivity index (χ4v) is 10.2. The van der Waals surface area contributed by atoms with E-state index in [9.17, 15) is 23.3 Å². The highest BCUT2D eigenvalue weighted by molar-refractivity contribution is 8.07. The van der Waals surface area contributed by atoms with Crippen molar-refractivity contribution in [3.05, 3.63) is 97.1 Å². The highest BCUT2D eigenvalue weighted by Gasteiger charge is 2.54. The van der Waals surface area contributed by atoms with Gasteiger partial charge >= 0.3 is 17.0 Å². The molecule has 1 unspecified atom stereocenters. The molecule has 2 amide bonds.